The molecule has 0 spiro atoms. The third-order valence-corrected chi connectivity index (χ3v) is 2.31. The van der Waals surface area contributed by atoms with Crippen LogP contribution in [0.5, 0.6) is 0 Å². The standard InChI is InChI=1S/C11H13BrN2O4/c1-11(2,3)18-10(17)14-8-7(12)4-6(5-13-8)9(15)16/h4-5H,1-3H3,(H,15,16)(H,13,14,17). The zero-order chi connectivity index (χ0) is 13.9. The number of pyridine rings is 1. The second kappa shape index (κ2) is 5.34. The van der Waals surface area contributed by atoms with E-state index in [2.05, 4.69) is 26.2 Å². The minimum atomic E-state index is -1.09. The number of nitrogens with zero attached hydrogens (tertiary/aromatic N) is 1. The number of nitrogens with one attached hydrogen (secondary N) is 1. The highest BCUT2D eigenvalue weighted by molar-refractivity contribution is 9.10. The van der Waals surface area contributed by atoms with Crippen LogP contribution in [0, 0.1) is 0 Å². The van der Waals surface area contributed by atoms with Crippen molar-refractivity contribution in [3.63, 3.8) is 0 Å². The molecule has 1 amide bonds. The molecule has 0 fully saturated rings. The number of rotatable bonds is 2. The van der Waals surface area contributed by atoms with Gasteiger partial charge in [0.25, 0.3) is 0 Å². The zero-order valence-corrected chi connectivity index (χ0v) is 11.7. The van der Waals surface area contributed by atoms with E-state index in [9.17, 15) is 9.59 Å². The highest BCUT2D eigenvalue weighted by Gasteiger charge is 2.18. The highest BCUT2D eigenvalue weighted by atomic mass is 79.9. The fourth-order valence-electron chi connectivity index (χ4n) is 1.05. The minimum Gasteiger partial charge on any atom is -0.478 e. The summed E-state index contributed by atoms with van der Waals surface area (Å²) in [6.07, 6.45) is 0.499. The first-order valence-electron chi connectivity index (χ1n) is 5.08. The van der Waals surface area contributed by atoms with Crippen molar-refractivity contribution in [2.75, 3.05) is 5.32 Å². The molecule has 0 aromatic carbocycles. The van der Waals surface area contributed by atoms with Crippen molar-refractivity contribution in [3.8, 4) is 0 Å². The Balaban J connectivity index is 2.80. The molecule has 0 atom stereocenters. The monoisotopic (exact) mass is 316 g/mol. The highest BCUT2D eigenvalue weighted by Crippen LogP contribution is 2.21. The third kappa shape index (κ3) is 4.33. The number of aromatic carboxylic acids is 1. The van der Waals surface area contributed by atoms with Gasteiger partial charge in [-0.05, 0) is 42.8 Å². The molecule has 0 saturated heterocycles. The van der Waals surface area contributed by atoms with Crippen molar-refractivity contribution in [3.05, 3.63) is 22.3 Å². The van der Waals surface area contributed by atoms with Gasteiger partial charge in [0.1, 0.15) is 11.4 Å². The first kappa shape index (κ1) is 14.4. The fourth-order valence-corrected chi connectivity index (χ4v) is 1.50. The van der Waals surface area contributed by atoms with Crippen LogP contribution in [0.3, 0.4) is 0 Å². The van der Waals surface area contributed by atoms with E-state index in [1.54, 1.807) is 20.8 Å². The van der Waals surface area contributed by atoms with Crippen LogP contribution in [0.1, 0.15) is 31.1 Å². The maximum Gasteiger partial charge on any atom is 0.413 e. The van der Waals surface area contributed by atoms with Crippen molar-refractivity contribution in [2.24, 2.45) is 0 Å². The Morgan fingerprint density at radius 2 is 2.06 bits per heavy atom. The quantitative estimate of drug-likeness (QED) is 0.875. The number of carbonyl (C=O) groups is 2. The molecule has 0 aliphatic carbocycles. The van der Waals surface area contributed by atoms with E-state index in [-0.39, 0.29) is 11.4 Å². The summed E-state index contributed by atoms with van der Waals surface area (Å²) in [5, 5.41) is 11.2. The molecule has 0 radical (unpaired) electrons. The van der Waals surface area contributed by atoms with E-state index in [0.717, 1.165) is 6.20 Å². The number of carboxylic acids is 1. The first-order valence-corrected chi connectivity index (χ1v) is 5.87. The van der Waals surface area contributed by atoms with Gasteiger partial charge in [-0.15, -0.1) is 0 Å². The molecule has 1 aromatic rings. The molecule has 1 aromatic heterocycles. The minimum absolute atomic E-state index is 0.0246. The number of aromatic nitrogens is 1. The molecule has 6 nitrogen and oxygen atoms in total. The smallest absolute Gasteiger partial charge is 0.413 e. The van der Waals surface area contributed by atoms with Crippen LogP contribution in [-0.2, 0) is 4.74 Å². The van der Waals surface area contributed by atoms with Gasteiger partial charge in [-0.3, -0.25) is 5.32 Å². The lowest BCUT2D eigenvalue weighted by Crippen LogP contribution is -2.27. The fraction of sp³-hybridized carbons (Fsp3) is 0.364. The molecule has 98 valence electrons. The van der Waals surface area contributed by atoms with Crippen molar-refractivity contribution >= 4 is 33.8 Å². The molecule has 1 heterocycles. The predicted molar refractivity (Wildman–Crippen MR) is 68.8 cm³/mol. The van der Waals surface area contributed by atoms with Crippen molar-refractivity contribution in [1.82, 2.24) is 4.98 Å². The van der Waals surface area contributed by atoms with E-state index >= 15 is 0 Å². The van der Waals surface area contributed by atoms with Gasteiger partial charge in [-0.25, -0.2) is 14.6 Å². The second-order valence-corrected chi connectivity index (χ2v) is 5.34. The van der Waals surface area contributed by atoms with Crippen LogP contribution in [0.15, 0.2) is 16.7 Å². The van der Waals surface area contributed by atoms with Crippen LogP contribution in [0.25, 0.3) is 0 Å². The molecule has 18 heavy (non-hydrogen) atoms. The van der Waals surface area contributed by atoms with Crippen molar-refractivity contribution < 1.29 is 19.4 Å². The summed E-state index contributed by atoms with van der Waals surface area (Å²) >= 11 is 3.13. The van der Waals surface area contributed by atoms with E-state index in [0.29, 0.717) is 4.47 Å². The maximum atomic E-state index is 11.5. The van der Waals surface area contributed by atoms with E-state index < -0.39 is 17.7 Å². The number of ether oxygens (including phenoxy) is 1. The van der Waals surface area contributed by atoms with Crippen molar-refractivity contribution in [2.45, 2.75) is 26.4 Å². The van der Waals surface area contributed by atoms with Crippen LogP contribution >= 0.6 is 15.9 Å². The second-order valence-electron chi connectivity index (χ2n) is 4.49. The summed E-state index contributed by atoms with van der Waals surface area (Å²) in [7, 11) is 0. The number of carboxylic acid groups (broad SMARTS) is 1. The van der Waals surface area contributed by atoms with Gasteiger partial charge in [0.15, 0.2) is 0 Å². The zero-order valence-electron chi connectivity index (χ0n) is 10.2. The summed E-state index contributed by atoms with van der Waals surface area (Å²) in [4.78, 5) is 26.0. The Morgan fingerprint density at radius 3 is 2.50 bits per heavy atom. The summed E-state index contributed by atoms with van der Waals surface area (Å²) < 4.78 is 5.42. The van der Waals surface area contributed by atoms with Crippen LogP contribution in [-0.4, -0.2) is 27.8 Å². The third-order valence-electron chi connectivity index (χ3n) is 1.71. The number of amides is 1. The van der Waals surface area contributed by atoms with Crippen molar-refractivity contribution in [1.29, 1.82) is 0 Å². The van der Waals surface area contributed by atoms with E-state index in [1.807, 2.05) is 0 Å². The molecule has 2 N–H and O–H groups in total. The van der Waals surface area contributed by atoms with Gasteiger partial charge in [-0.2, -0.15) is 0 Å². The van der Waals surface area contributed by atoms with E-state index in [4.69, 9.17) is 9.84 Å². The Bertz CT molecular complexity index is 482. The summed E-state index contributed by atoms with van der Waals surface area (Å²) in [6, 6.07) is 1.35. The van der Waals surface area contributed by atoms with E-state index in [1.165, 1.54) is 6.07 Å². The summed E-state index contributed by atoms with van der Waals surface area (Å²) in [6.45, 7) is 5.22. The largest absolute Gasteiger partial charge is 0.478 e. The van der Waals surface area contributed by atoms with Crippen LogP contribution in [0.4, 0.5) is 10.6 Å². The number of hydrogen-bond donors (Lipinski definition) is 2. The topological polar surface area (TPSA) is 88.5 Å². The molecule has 0 aliphatic heterocycles. The molecular weight excluding hydrogens is 304 g/mol. The lowest BCUT2D eigenvalue weighted by molar-refractivity contribution is 0.0634. The Hall–Kier alpha value is -1.63. The molecule has 0 unspecified atom stereocenters. The average molecular weight is 317 g/mol. The lowest BCUT2D eigenvalue weighted by Gasteiger charge is -2.19. The maximum absolute atomic E-state index is 11.5. The van der Waals surface area contributed by atoms with Gasteiger partial charge in [-0.1, -0.05) is 0 Å². The molecule has 0 bridgehead atoms. The first-order chi connectivity index (χ1) is 8.19. The normalized spacial score (nSPS) is 10.9. The predicted octanol–water partition coefficient (Wildman–Crippen LogP) is 2.89. The number of carbonyl (C=O) groups excluding carboxylic acids is 1. The number of halogens is 1. The van der Waals surface area contributed by atoms with Gasteiger partial charge < -0.3 is 9.84 Å². The molecule has 0 saturated carbocycles. The summed E-state index contributed by atoms with van der Waals surface area (Å²) in [5.74, 6) is -0.888. The van der Waals surface area contributed by atoms with Crippen LogP contribution < -0.4 is 5.32 Å². The SMILES string of the molecule is CC(C)(C)OC(=O)Nc1ncc(C(=O)O)cc1Br. The van der Waals surface area contributed by atoms with Gasteiger partial charge in [0.05, 0.1) is 10.0 Å². The average Bonchev–Trinajstić information content (AvgIpc) is 2.17. The molecule has 0 aliphatic rings. The van der Waals surface area contributed by atoms with Gasteiger partial charge >= 0.3 is 12.1 Å². The number of hydrogen-bond acceptors (Lipinski definition) is 4. The molecule has 7 heteroatoms. The molecular formula is C11H13BrN2O4. The van der Waals surface area contributed by atoms with Crippen LogP contribution in [0.2, 0.25) is 0 Å². The van der Waals surface area contributed by atoms with Gasteiger partial charge in [0.2, 0.25) is 0 Å². The lowest BCUT2D eigenvalue weighted by atomic mass is 10.2. The molecule has 1 rings (SSSR count). The number of anilines is 1. The summed E-state index contributed by atoms with van der Waals surface area (Å²) in [5.41, 5.74) is -0.589. The Kier molecular flexibility index (Phi) is 4.28. The Labute approximate surface area is 112 Å². The Morgan fingerprint density at radius 1 is 1.44 bits per heavy atom. The van der Waals surface area contributed by atoms with Gasteiger partial charge in [0, 0.05) is 6.20 Å².